The fourth-order valence-electron chi connectivity index (χ4n) is 2.96. The second-order valence-corrected chi connectivity index (χ2v) is 6.20. The molecule has 5 heteroatoms. The van der Waals surface area contributed by atoms with Crippen molar-refractivity contribution in [1.29, 1.82) is 0 Å². The summed E-state index contributed by atoms with van der Waals surface area (Å²) in [6, 6.07) is 11.2. The van der Waals surface area contributed by atoms with Crippen LogP contribution in [0.25, 0.3) is 0 Å². The fraction of sp³-hybridized carbons (Fsp3) is 0.333. The molecule has 0 saturated heterocycles. The first-order valence-corrected chi connectivity index (χ1v) is 7.48. The summed E-state index contributed by atoms with van der Waals surface area (Å²) in [6.07, 6.45) is -4.85. The number of ether oxygens (including phenoxy) is 1. The lowest BCUT2D eigenvalue weighted by atomic mass is 9.86. The number of hydrogen-bond donors (Lipinski definition) is 1. The molecule has 0 aliphatic carbocycles. The van der Waals surface area contributed by atoms with Crippen molar-refractivity contribution in [3.05, 3.63) is 59.2 Å². The van der Waals surface area contributed by atoms with Gasteiger partial charge < -0.3 is 10.5 Å². The Kier molecular flexibility index (Phi) is 3.54. The summed E-state index contributed by atoms with van der Waals surface area (Å²) >= 11 is 0. The molecule has 0 radical (unpaired) electrons. The van der Waals surface area contributed by atoms with Crippen LogP contribution < -0.4 is 10.5 Å². The Bertz CT molecular complexity index is 722. The Morgan fingerprint density at radius 2 is 1.74 bits per heavy atom. The third-order valence-corrected chi connectivity index (χ3v) is 4.38. The summed E-state index contributed by atoms with van der Waals surface area (Å²) in [7, 11) is 0. The molecular weight excluding hydrogens is 303 g/mol. The van der Waals surface area contributed by atoms with E-state index in [0.717, 1.165) is 5.56 Å². The first-order valence-electron chi connectivity index (χ1n) is 7.48. The maximum absolute atomic E-state index is 13.9. The third-order valence-electron chi connectivity index (χ3n) is 4.38. The number of anilines is 1. The lowest BCUT2D eigenvalue weighted by molar-refractivity contribution is -0.248. The molecular formula is C18H18F3NO. The van der Waals surface area contributed by atoms with Gasteiger partial charge in [0.15, 0.2) is 0 Å². The summed E-state index contributed by atoms with van der Waals surface area (Å²) in [5, 5.41) is 0. The molecule has 2 aromatic carbocycles. The van der Waals surface area contributed by atoms with Crippen molar-refractivity contribution in [3.63, 3.8) is 0 Å². The summed E-state index contributed by atoms with van der Waals surface area (Å²) in [4.78, 5) is 0. The van der Waals surface area contributed by atoms with Crippen LogP contribution in [0.15, 0.2) is 42.5 Å². The lowest BCUT2D eigenvalue weighted by Gasteiger charge is -2.31. The molecule has 1 unspecified atom stereocenters. The van der Waals surface area contributed by atoms with Crippen LogP contribution in [0.3, 0.4) is 0 Å². The monoisotopic (exact) mass is 321 g/mol. The van der Waals surface area contributed by atoms with Crippen molar-refractivity contribution in [2.45, 2.75) is 38.0 Å². The van der Waals surface area contributed by atoms with Gasteiger partial charge in [-0.25, -0.2) is 0 Å². The highest BCUT2D eigenvalue weighted by atomic mass is 19.4. The van der Waals surface area contributed by atoms with Gasteiger partial charge in [-0.15, -0.1) is 0 Å². The van der Waals surface area contributed by atoms with E-state index in [9.17, 15) is 13.2 Å². The van der Waals surface area contributed by atoms with Crippen molar-refractivity contribution in [3.8, 4) is 5.75 Å². The second-order valence-electron chi connectivity index (χ2n) is 6.20. The first-order chi connectivity index (χ1) is 10.7. The molecule has 1 aliphatic heterocycles. The molecule has 122 valence electrons. The van der Waals surface area contributed by atoms with Gasteiger partial charge in [0, 0.05) is 23.2 Å². The highest BCUT2D eigenvalue weighted by Gasteiger charge is 2.61. The normalized spacial score (nSPS) is 20.4. The molecule has 0 amide bonds. The van der Waals surface area contributed by atoms with Crippen molar-refractivity contribution < 1.29 is 17.9 Å². The number of nitrogens with two attached hydrogens (primary N) is 1. The summed E-state index contributed by atoms with van der Waals surface area (Å²) < 4.78 is 47.1. The van der Waals surface area contributed by atoms with E-state index >= 15 is 0 Å². The van der Waals surface area contributed by atoms with Crippen LogP contribution in [-0.2, 0) is 12.0 Å². The van der Waals surface area contributed by atoms with Crippen LogP contribution in [0.1, 0.15) is 36.5 Å². The van der Waals surface area contributed by atoms with Gasteiger partial charge in [0.1, 0.15) is 5.75 Å². The number of benzene rings is 2. The van der Waals surface area contributed by atoms with Gasteiger partial charge in [-0.05, 0) is 23.6 Å². The molecule has 2 aromatic rings. The molecule has 2 N–H and O–H groups in total. The van der Waals surface area contributed by atoms with E-state index in [1.807, 2.05) is 13.8 Å². The first kappa shape index (κ1) is 15.7. The van der Waals surface area contributed by atoms with E-state index in [4.69, 9.17) is 10.5 Å². The predicted octanol–water partition coefficient (Wildman–Crippen LogP) is 4.78. The molecule has 1 aliphatic rings. The van der Waals surface area contributed by atoms with Crippen molar-refractivity contribution in [2.24, 2.45) is 0 Å². The number of nitrogen functional groups attached to an aromatic ring is 1. The van der Waals surface area contributed by atoms with Gasteiger partial charge in [-0.1, -0.05) is 44.2 Å². The van der Waals surface area contributed by atoms with E-state index in [1.165, 1.54) is 18.2 Å². The zero-order valence-corrected chi connectivity index (χ0v) is 12.9. The maximum Gasteiger partial charge on any atom is 0.432 e. The molecule has 0 saturated carbocycles. The number of hydrogen-bond acceptors (Lipinski definition) is 2. The largest absolute Gasteiger partial charge is 0.472 e. The fourth-order valence-corrected chi connectivity index (χ4v) is 2.96. The molecule has 2 nitrogen and oxygen atoms in total. The van der Waals surface area contributed by atoms with Crippen LogP contribution in [0.4, 0.5) is 18.9 Å². The third kappa shape index (κ3) is 2.44. The predicted molar refractivity (Wildman–Crippen MR) is 83.5 cm³/mol. The minimum Gasteiger partial charge on any atom is -0.472 e. The van der Waals surface area contributed by atoms with Gasteiger partial charge in [0.25, 0.3) is 0 Å². The average Bonchev–Trinajstić information content (AvgIpc) is 2.89. The molecule has 0 bridgehead atoms. The zero-order valence-electron chi connectivity index (χ0n) is 12.9. The SMILES string of the molecule is CC(C)c1ccc(C2(C(F)(F)F)Cc3c(N)cccc3O2)cc1. The Morgan fingerprint density at radius 1 is 1.09 bits per heavy atom. The Morgan fingerprint density at radius 3 is 2.26 bits per heavy atom. The summed E-state index contributed by atoms with van der Waals surface area (Å²) in [5.74, 6) is 0.457. The second kappa shape index (κ2) is 5.18. The van der Waals surface area contributed by atoms with Crippen LogP contribution in [0.5, 0.6) is 5.75 Å². The summed E-state index contributed by atoms with van der Waals surface area (Å²) in [5.41, 5.74) is 5.29. The quantitative estimate of drug-likeness (QED) is 0.808. The number of rotatable bonds is 2. The molecule has 0 fully saturated rings. The minimum atomic E-state index is -4.54. The number of fused-ring (bicyclic) bond motifs is 1. The van der Waals surface area contributed by atoms with Crippen molar-refractivity contribution >= 4 is 5.69 Å². The molecule has 0 aromatic heterocycles. The standard InChI is InChI=1S/C18H18F3NO/c1-11(2)12-6-8-13(9-7-12)17(18(19,20)21)10-14-15(22)4-3-5-16(14)23-17/h3-9,11H,10,22H2,1-2H3. The highest BCUT2D eigenvalue weighted by Crippen LogP contribution is 2.52. The molecule has 23 heavy (non-hydrogen) atoms. The lowest BCUT2D eigenvalue weighted by Crippen LogP contribution is -2.46. The van der Waals surface area contributed by atoms with Crippen molar-refractivity contribution in [2.75, 3.05) is 5.73 Å². The minimum absolute atomic E-state index is 0.102. The van der Waals surface area contributed by atoms with Crippen LogP contribution in [0, 0.1) is 0 Å². The highest BCUT2D eigenvalue weighted by molar-refractivity contribution is 5.58. The zero-order chi connectivity index (χ0) is 16.8. The van der Waals surface area contributed by atoms with E-state index in [2.05, 4.69) is 0 Å². The van der Waals surface area contributed by atoms with Gasteiger partial charge in [0.05, 0.1) is 0 Å². The molecule has 0 spiro atoms. The van der Waals surface area contributed by atoms with Gasteiger partial charge >= 0.3 is 6.18 Å². The smallest absolute Gasteiger partial charge is 0.432 e. The molecule has 3 rings (SSSR count). The Labute approximate surface area is 133 Å². The van der Waals surface area contributed by atoms with E-state index < -0.39 is 11.8 Å². The van der Waals surface area contributed by atoms with E-state index in [0.29, 0.717) is 11.3 Å². The van der Waals surface area contributed by atoms with Gasteiger partial charge in [0.2, 0.25) is 5.60 Å². The number of alkyl halides is 3. The average molecular weight is 321 g/mol. The summed E-state index contributed by atoms with van der Waals surface area (Å²) in [6.45, 7) is 3.99. The van der Waals surface area contributed by atoms with Gasteiger partial charge in [-0.3, -0.25) is 0 Å². The number of halogens is 3. The van der Waals surface area contributed by atoms with Crippen LogP contribution in [0.2, 0.25) is 0 Å². The Hall–Kier alpha value is -2.17. The van der Waals surface area contributed by atoms with Crippen LogP contribution >= 0.6 is 0 Å². The molecule has 1 heterocycles. The van der Waals surface area contributed by atoms with E-state index in [-0.39, 0.29) is 23.7 Å². The van der Waals surface area contributed by atoms with Crippen LogP contribution in [-0.4, -0.2) is 6.18 Å². The topological polar surface area (TPSA) is 35.2 Å². The maximum atomic E-state index is 13.9. The molecule has 1 atom stereocenters. The van der Waals surface area contributed by atoms with Crippen molar-refractivity contribution in [1.82, 2.24) is 0 Å². The van der Waals surface area contributed by atoms with Gasteiger partial charge in [-0.2, -0.15) is 13.2 Å². The Balaban J connectivity index is 2.09. The van der Waals surface area contributed by atoms with E-state index in [1.54, 1.807) is 24.3 Å².